The highest BCUT2D eigenvalue weighted by molar-refractivity contribution is 7.92. The van der Waals surface area contributed by atoms with Crippen molar-refractivity contribution in [3.8, 4) is 0 Å². The van der Waals surface area contributed by atoms with E-state index >= 15 is 0 Å². The summed E-state index contributed by atoms with van der Waals surface area (Å²) >= 11 is 6.22. The van der Waals surface area contributed by atoms with Crippen LogP contribution in [0.25, 0.3) is 0 Å². The summed E-state index contributed by atoms with van der Waals surface area (Å²) in [6.07, 6.45) is 0.752. The zero-order valence-corrected chi connectivity index (χ0v) is 17.6. The Balaban J connectivity index is 1.92. The van der Waals surface area contributed by atoms with Crippen molar-refractivity contribution in [1.29, 1.82) is 0 Å². The second kappa shape index (κ2) is 8.84. The SMILES string of the molecule is Cc1ccc(N(CC(=O)N2CCN(C=O)CC2)S(=O)(=O)c2ccccc2)cc1Cl. The molecule has 0 radical (unpaired) electrons. The van der Waals surface area contributed by atoms with Crippen molar-refractivity contribution < 1.29 is 18.0 Å². The molecule has 2 aromatic carbocycles. The Labute approximate surface area is 175 Å². The molecule has 1 heterocycles. The molecule has 0 aromatic heterocycles. The number of hydrogen-bond donors (Lipinski definition) is 0. The van der Waals surface area contributed by atoms with E-state index in [1.54, 1.807) is 46.2 Å². The molecule has 1 aliphatic heterocycles. The number of carbonyl (C=O) groups is 2. The van der Waals surface area contributed by atoms with Gasteiger partial charge in [0.05, 0.1) is 10.6 Å². The van der Waals surface area contributed by atoms with Gasteiger partial charge >= 0.3 is 0 Å². The van der Waals surface area contributed by atoms with Gasteiger partial charge in [0.2, 0.25) is 12.3 Å². The monoisotopic (exact) mass is 435 g/mol. The molecule has 1 fully saturated rings. The van der Waals surface area contributed by atoms with E-state index in [4.69, 9.17) is 11.6 Å². The number of aryl methyl sites for hydroxylation is 1. The molecule has 1 aliphatic rings. The van der Waals surface area contributed by atoms with Crippen LogP contribution >= 0.6 is 11.6 Å². The van der Waals surface area contributed by atoms with E-state index in [1.807, 2.05) is 6.92 Å². The first-order valence-electron chi connectivity index (χ1n) is 9.14. The van der Waals surface area contributed by atoms with Crippen LogP contribution in [0.4, 0.5) is 5.69 Å². The average molecular weight is 436 g/mol. The van der Waals surface area contributed by atoms with Gasteiger partial charge in [-0.3, -0.25) is 13.9 Å². The van der Waals surface area contributed by atoms with Gasteiger partial charge in [-0.1, -0.05) is 35.9 Å². The number of hydrogen-bond acceptors (Lipinski definition) is 4. The molecule has 0 bridgehead atoms. The van der Waals surface area contributed by atoms with E-state index in [-0.39, 0.29) is 17.3 Å². The molecule has 9 heteroatoms. The predicted molar refractivity (Wildman–Crippen MR) is 111 cm³/mol. The van der Waals surface area contributed by atoms with Gasteiger partial charge in [0.15, 0.2) is 0 Å². The lowest BCUT2D eigenvalue weighted by atomic mass is 10.2. The first-order chi connectivity index (χ1) is 13.8. The van der Waals surface area contributed by atoms with Crippen molar-refractivity contribution in [3.05, 3.63) is 59.1 Å². The normalized spacial score (nSPS) is 14.6. The summed E-state index contributed by atoms with van der Waals surface area (Å²) in [6.45, 7) is 3.06. The summed E-state index contributed by atoms with van der Waals surface area (Å²) in [5.41, 5.74) is 1.13. The molecule has 7 nitrogen and oxygen atoms in total. The molecule has 0 N–H and O–H groups in total. The van der Waals surface area contributed by atoms with Gasteiger partial charge in [0.1, 0.15) is 6.54 Å². The molecule has 0 spiro atoms. The Morgan fingerprint density at radius 1 is 1.10 bits per heavy atom. The third-order valence-electron chi connectivity index (χ3n) is 4.87. The standard InChI is InChI=1S/C20H22ClN3O4S/c1-16-7-8-17(13-19(16)21)24(29(27,28)18-5-3-2-4-6-18)14-20(26)23-11-9-22(15-25)10-12-23/h2-8,13,15H,9-12,14H2,1H3. The maximum Gasteiger partial charge on any atom is 0.264 e. The van der Waals surface area contributed by atoms with Gasteiger partial charge in [0, 0.05) is 31.2 Å². The van der Waals surface area contributed by atoms with Crippen LogP contribution in [-0.4, -0.2) is 63.3 Å². The number of carbonyl (C=O) groups excluding carboxylic acids is 2. The van der Waals surface area contributed by atoms with Crippen LogP contribution in [-0.2, 0) is 19.6 Å². The molecule has 3 rings (SSSR count). The molecule has 0 saturated carbocycles. The molecule has 2 aromatic rings. The van der Waals surface area contributed by atoms with E-state index in [2.05, 4.69) is 0 Å². The molecular formula is C20H22ClN3O4S. The lowest BCUT2D eigenvalue weighted by Gasteiger charge is -2.34. The van der Waals surface area contributed by atoms with Gasteiger partial charge in [-0.05, 0) is 36.8 Å². The largest absolute Gasteiger partial charge is 0.342 e. The van der Waals surface area contributed by atoms with Crippen LogP contribution in [0.5, 0.6) is 0 Å². The molecule has 29 heavy (non-hydrogen) atoms. The van der Waals surface area contributed by atoms with E-state index in [0.717, 1.165) is 16.3 Å². The van der Waals surface area contributed by atoms with Crippen molar-refractivity contribution >= 4 is 39.6 Å². The summed E-state index contributed by atoms with van der Waals surface area (Å²) in [5, 5.41) is 0.419. The third kappa shape index (κ3) is 4.71. The molecule has 0 unspecified atom stereocenters. The van der Waals surface area contributed by atoms with E-state index in [1.165, 1.54) is 12.1 Å². The summed E-state index contributed by atoms with van der Waals surface area (Å²) < 4.78 is 27.7. The van der Waals surface area contributed by atoms with Gasteiger partial charge in [0.25, 0.3) is 10.0 Å². The summed E-state index contributed by atoms with van der Waals surface area (Å²) in [7, 11) is -3.97. The smallest absolute Gasteiger partial charge is 0.264 e. The average Bonchev–Trinajstić information content (AvgIpc) is 2.74. The fraction of sp³-hybridized carbons (Fsp3) is 0.300. The van der Waals surface area contributed by atoms with Crippen LogP contribution < -0.4 is 4.31 Å². The highest BCUT2D eigenvalue weighted by Gasteiger charge is 2.30. The number of halogens is 1. The van der Waals surface area contributed by atoms with Gasteiger partial charge in [-0.25, -0.2) is 8.42 Å². The molecular weight excluding hydrogens is 414 g/mol. The first kappa shape index (κ1) is 21.1. The van der Waals surface area contributed by atoms with E-state index in [9.17, 15) is 18.0 Å². The lowest BCUT2D eigenvalue weighted by molar-refractivity contribution is -0.133. The van der Waals surface area contributed by atoms with Crippen LogP contribution in [0, 0.1) is 6.92 Å². The number of rotatable bonds is 6. The van der Waals surface area contributed by atoms with Crippen LogP contribution in [0.3, 0.4) is 0 Å². The Kier molecular flexibility index (Phi) is 6.44. The van der Waals surface area contributed by atoms with E-state index in [0.29, 0.717) is 36.9 Å². The lowest BCUT2D eigenvalue weighted by Crippen LogP contribution is -2.51. The van der Waals surface area contributed by atoms with Crippen LogP contribution in [0.2, 0.25) is 5.02 Å². The highest BCUT2D eigenvalue weighted by Crippen LogP contribution is 2.28. The summed E-state index contributed by atoms with van der Waals surface area (Å²) in [6, 6.07) is 12.9. The number of amides is 2. The van der Waals surface area contributed by atoms with E-state index < -0.39 is 10.0 Å². The quantitative estimate of drug-likeness (QED) is 0.651. The zero-order valence-electron chi connectivity index (χ0n) is 16.0. The minimum Gasteiger partial charge on any atom is -0.342 e. The second-order valence-electron chi connectivity index (χ2n) is 6.78. The van der Waals surface area contributed by atoms with Gasteiger partial charge in [-0.2, -0.15) is 0 Å². The maximum atomic E-state index is 13.3. The van der Waals surface area contributed by atoms with Crippen LogP contribution in [0.1, 0.15) is 5.56 Å². The number of piperazine rings is 1. The maximum absolute atomic E-state index is 13.3. The fourth-order valence-electron chi connectivity index (χ4n) is 3.07. The first-order valence-corrected chi connectivity index (χ1v) is 11.0. The van der Waals surface area contributed by atoms with Crippen molar-refractivity contribution in [2.45, 2.75) is 11.8 Å². The number of anilines is 1. The summed E-state index contributed by atoms with van der Waals surface area (Å²) in [4.78, 5) is 27.0. The summed E-state index contributed by atoms with van der Waals surface area (Å²) in [5.74, 6) is -0.327. The van der Waals surface area contributed by atoms with Crippen LogP contribution in [0.15, 0.2) is 53.4 Å². The minimum absolute atomic E-state index is 0.0928. The Morgan fingerprint density at radius 2 is 1.76 bits per heavy atom. The molecule has 0 atom stereocenters. The van der Waals surface area contributed by atoms with Crippen molar-refractivity contribution in [1.82, 2.24) is 9.80 Å². The van der Waals surface area contributed by atoms with Gasteiger partial charge in [-0.15, -0.1) is 0 Å². The Morgan fingerprint density at radius 3 is 2.34 bits per heavy atom. The predicted octanol–water partition coefficient (Wildman–Crippen LogP) is 2.14. The fourth-order valence-corrected chi connectivity index (χ4v) is 4.67. The highest BCUT2D eigenvalue weighted by atomic mass is 35.5. The van der Waals surface area contributed by atoms with Gasteiger partial charge < -0.3 is 9.80 Å². The topological polar surface area (TPSA) is 78.0 Å². The third-order valence-corrected chi connectivity index (χ3v) is 7.06. The number of benzene rings is 2. The molecule has 1 saturated heterocycles. The minimum atomic E-state index is -3.97. The van der Waals surface area contributed by atoms with Crippen molar-refractivity contribution in [2.75, 3.05) is 37.0 Å². The molecule has 0 aliphatic carbocycles. The number of sulfonamides is 1. The van der Waals surface area contributed by atoms with Crippen molar-refractivity contribution in [3.63, 3.8) is 0 Å². The van der Waals surface area contributed by atoms with Crippen molar-refractivity contribution in [2.24, 2.45) is 0 Å². The number of nitrogens with zero attached hydrogens (tertiary/aromatic N) is 3. The Bertz CT molecular complexity index is 990. The zero-order chi connectivity index (χ0) is 21.0. The molecule has 2 amide bonds. The molecule has 154 valence electrons. The second-order valence-corrected chi connectivity index (χ2v) is 9.05. The Hall–Kier alpha value is -2.58.